The summed E-state index contributed by atoms with van der Waals surface area (Å²) in [5.74, 6) is 0.536. The molecule has 20 heavy (non-hydrogen) atoms. The lowest BCUT2D eigenvalue weighted by Crippen LogP contribution is -2.43. The van der Waals surface area contributed by atoms with Gasteiger partial charge in [-0.05, 0) is 31.0 Å². The van der Waals surface area contributed by atoms with Gasteiger partial charge in [0.15, 0.2) is 0 Å². The minimum atomic E-state index is -0.0739. The molecule has 0 saturated carbocycles. The van der Waals surface area contributed by atoms with Crippen molar-refractivity contribution in [2.75, 3.05) is 19.6 Å². The van der Waals surface area contributed by atoms with Crippen molar-refractivity contribution in [1.82, 2.24) is 15.2 Å². The monoisotopic (exact) mass is 307 g/mol. The van der Waals surface area contributed by atoms with Crippen LogP contribution in [0.1, 0.15) is 16.9 Å². The molecule has 0 aliphatic carbocycles. The average Bonchev–Trinajstić information content (AvgIpc) is 3.10. The van der Waals surface area contributed by atoms with Gasteiger partial charge in [0.05, 0.1) is 4.34 Å². The van der Waals surface area contributed by atoms with Gasteiger partial charge in [0.1, 0.15) is 5.69 Å². The summed E-state index contributed by atoms with van der Waals surface area (Å²) in [5, 5.41) is 4.12. The molecule has 6 heteroatoms. The summed E-state index contributed by atoms with van der Waals surface area (Å²) >= 11 is 7.46. The van der Waals surface area contributed by atoms with Crippen LogP contribution in [-0.4, -0.2) is 41.5 Å². The van der Waals surface area contributed by atoms with Crippen LogP contribution in [0.15, 0.2) is 18.3 Å². The highest BCUT2D eigenvalue weighted by molar-refractivity contribution is 7.22. The third kappa shape index (κ3) is 2.10. The van der Waals surface area contributed by atoms with E-state index >= 15 is 0 Å². The molecule has 0 aromatic carbocycles. The lowest BCUT2D eigenvalue weighted by Gasteiger charge is -2.22. The van der Waals surface area contributed by atoms with Crippen LogP contribution < -0.4 is 5.32 Å². The van der Waals surface area contributed by atoms with Gasteiger partial charge in [-0.2, -0.15) is 0 Å². The van der Waals surface area contributed by atoms with E-state index < -0.39 is 0 Å². The fourth-order valence-electron chi connectivity index (χ4n) is 3.22. The number of pyridine rings is 1. The van der Waals surface area contributed by atoms with Gasteiger partial charge in [0.2, 0.25) is 0 Å². The molecule has 2 aliphatic rings. The Morgan fingerprint density at radius 3 is 3.10 bits per heavy atom. The zero-order valence-electron chi connectivity index (χ0n) is 10.8. The number of nitrogens with one attached hydrogen (secondary N) is 1. The van der Waals surface area contributed by atoms with Crippen molar-refractivity contribution in [3.63, 3.8) is 0 Å². The van der Waals surface area contributed by atoms with Crippen molar-refractivity contribution >= 4 is 38.9 Å². The predicted molar refractivity (Wildman–Crippen MR) is 80.4 cm³/mol. The van der Waals surface area contributed by atoms with E-state index in [4.69, 9.17) is 11.6 Å². The second kappa shape index (κ2) is 4.69. The maximum atomic E-state index is 12.3. The Bertz CT molecular complexity index is 686. The molecule has 3 atom stereocenters. The van der Waals surface area contributed by atoms with E-state index in [1.165, 1.54) is 24.3 Å². The van der Waals surface area contributed by atoms with E-state index in [1.807, 2.05) is 12.1 Å². The number of piperidine rings is 1. The molecule has 2 unspecified atom stereocenters. The highest BCUT2D eigenvalue weighted by Crippen LogP contribution is 2.30. The molecule has 4 heterocycles. The van der Waals surface area contributed by atoms with Gasteiger partial charge in [-0.15, -0.1) is 11.3 Å². The highest BCUT2D eigenvalue weighted by atomic mass is 35.5. The molecule has 0 spiro atoms. The smallest absolute Gasteiger partial charge is 0.270 e. The number of rotatable bonds is 2. The topological polar surface area (TPSA) is 45.2 Å². The number of amides is 1. The molecule has 2 aromatic heterocycles. The van der Waals surface area contributed by atoms with E-state index in [0.717, 1.165) is 27.5 Å². The molecule has 1 amide bonds. The second-order valence-electron chi connectivity index (χ2n) is 5.55. The molecule has 4 rings (SSSR count). The van der Waals surface area contributed by atoms with E-state index in [0.29, 0.717) is 11.6 Å². The number of carbonyl (C=O) groups is 1. The normalized spacial score (nSPS) is 28.1. The van der Waals surface area contributed by atoms with Crippen LogP contribution in [0.4, 0.5) is 0 Å². The van der Waals surface area contributed by atoms with Crippen LogP contribution in [0.25, 0.3) is 10.1 Å². The van der Waals surface area contributed by atoms with Crippen molar-refractivity contribution in [2.24, 2.45) is 5.92 Å². The van der Waals surface area contributed by atoms with Crippen LogP contribution in [0.2, 0.25) is 4.34 Å². The third-order valence-corrected chi connectivity index (χ3v) is 5.48. The average molecular weight is 308 g/mol. The van der Waals surface area contributed by atoms with Crippen molar-refractivity contribution < 1.29 is 4.79 Å². The van der Waals surface area contributed by atoms with Crippen LogP contribution in [-0.2, 0) is 0 Å². The number of carbonyl (C=O) groups excluding carboxylic acids is 1. The molecule has 104 valence electrons. The largest absolute Gasteiger partial charge is 0.346 e. The molecular formula is C14H14ClN3OS. The Hall–Kier alpha value is -1.17. The number of halogens is 1. The van der Waals surface area contributed by atoms with Crippen molar-refractivity contribution in [2.45, 2.75) is 12.5 Å². The standard InChI is InChI=1S/C14H14ClN3OS/c15-13-3-9-5-16-10(4-12(9)20-13)14(19)17-11-7-18-2-1-8(11)6-18/h3-5,8,11H,1-2,6-7H2,(H,17,19)/t8-,11?/m0/s1. The summed E-state index contributed by atoms with van der Waals surface area (Å²) < 4.78 is 1.73. The number of thiophene rings is 1. The quantitative estimate of drug-likeness (QED) is 0.926. The van der Waals surface area contributed by atoms with Crippen molar-refractivity contribution in [3.8, 4) is 0 Å². The molecule has 4 nitrogen and oxygen atoms in total. The predicted octanol–water partition coefficient (Wildman–Crippen LogP) is 2.38. The summed E-state index contributed by atoms with van der Waals surface area (Å²) in [6.45, 7) is 3.27. The number of fused-ring (bicyclic) bond motifs is 3. The Morgan fingerprint density at radius 1 is 1.45 bits per heavy atom. The van der Waals surface area contributed by atoms with E-state index in [1.54, 1.807) is 6.20 Å². The van der Waals surface area contributed by atoms with E-state index in [2.05, 4.69) is 15.2 Å². The lowest BCUT2D eigenvalue weighted by atomic mass is 10.00. The summed E-state index contributed by atoms with van der Waals surface area (Å²) in [6.07, 6.45) is 2.91. The summed E-state index contributed by atoms with van der Waals surface area (Å²) in [7, 11) is 0. The lowest BCUT2D eigenvalue weighted by molar-refractivity contribution is 0.0919. The zero-order valence-corrected chi connectivity index (χ0v) is 12.4. The third-order valence-electron chi connectivity index (χ3n) is 4.25. The van der Waals surface area contributed by atoms with Gasteiger partial charge in [-0.25, -0.2) is 0 Å². The molecule has 0 radical (unpaired) electrons. The summed E-state index contributed by atoms with van der Waals surface area (Å²) in [6, 6.07) is 3.98. The Morgan fingerprint density at radius 2 is 2.35 bits per heavy atom. The molecule has 2 aromatic rings. The van der Waals surface area contributed by atoms with Crippen LogP contribution in [0.3, 0.4) is 0 Å². The number of aromatic nitrogens is 1. The summed E-state index contributed by atoms with van der Waals surface area (Å²) in [4.78, 5) is 19.0. The molecule has 2 aliphatic heterocycles. The molecular weight excluding hydrogens is 294 g/mol. The maximum Gasteiger partial charge on any atom is 0.270 e. The molecule has 2 fully saturated rings. The molecule has 2 bridgehead atoms. The Labute approximate surface area is 125 Å². The highest BCUT2D eigenvalue weighted by Gasteiger charge is 2.38. The number of hydrogen-bond acceptors (Lipinski definition) is 4. The summed E-state index contributed by atoms with van der Waals surface area (Å²) in [5.41, 5.74) is 0.480. The SMILES string of the molecule is O=C(NC1CN2CC[C@H]1C2)c1cc2sc(Cl)cc2cn1. The minimum absolute atomic E-state index is 0.0739. The minimum Gasteiger partial charge on any atom is -0.346 e. The van der Waals surface area contributed by atoms with Crippen molar-refractivity contribution in [1.29, 1.82) is 0 Å². The van der Waals surface area contributed by atoms with Crippen molar-refractivity contribution in [3.05, 3.63) is 28.4 Å². The van der Waals surface area contributed by atoms with E-state index in [9.17, 15) is 4.79 Å². The zero-order chi connectivity index (χ0) is 13.7. The van der Waals surface area contributed by atoms with Crippen LogP contribution >= 0.6 is 22.9 Å². The second-order valence-corrected chi connectivity index (χ2v) is 7.26. The fourth-order valence-corrected chi connectivity index (χ4v) is 4.38. The Balaban J connectivity index is 1.54. The maximum absolute atomic E-state index is 12.3. The van der Waals surface area contributed by atoms with Gasteiger partial charge in [0.25, 0.3) is 5.91 Å². The van der Waals surface area contributed by atoms with Gasteiger partial charge in [-0.1, -0.05) is 11.6 Å². The van der Waals surface area contributed by atoms with Crippen LogP contribution in [0.5, 0.6) is 0 Å². The first-order valence-electron chi connectivity index (χ1n) is 6.77. The first-order chi connectivity index (χ1) is 9.69. The van der Waals surface area contributed by atoms with Gasteiger partial charge < -0.3 is 10.2 Å². The number of hydrogen-bond donors (Lipinski definition) is 1. The Kier molecular flexibility index (Phi) is 2.94. The molecule has 2 saturated heterocycles. The number of nitrogens with zero attached hydrogens (tertiary/aromatic N) is 2. The molecule has 1 N–H and O–H groups in total. The first-order valence-corrected chi connectivity index (χ1v) is 7.97. The van der Waals surface area contributed by atoms with Gasteiger partial charge in [-0.3, -0.25) is 9.78 Å². The van der Waals surface area contributed by atoms with Crippen LogP contribution in [0, 0.1) is 5.92 Å². The van der Waals surface area contributed by atoms with Gasteiger partial charge in [0, 0.05) is 35.4 Å². The first kappa shape index (κ1) is 12.6. The van der Waals surface area contributed by atoms with Gasteiger partial charge >= 0.3 is 0 Å². The fraction of sp³-hybridized carbons (Fsp3) is 0.429. The van der Waals surface area contributed by atoms with E-state index in [-0.39, 0.29) is 11.9 Å².